The molecule has 0 bridgehead atoms. The fourth-order valence-electron chi connectivity index (χ4n) is 1.62. The highest BCUT2D eigenvalue weighted by Gasteiger charge is 2.04. The standard InChI is InChI=1S/C15H19N3O/c1-12(2)11-19-14-6-4-3-5-13(14)9-18-15-10-16-7-8-17-15/h3-8,10,12H,9,11H2,1-2H3,(H,17,18). The van der Waals surface area contributed by atoms with E-state index in [2.05, 4.69) is 35.2 Å². The minimum Gasteiger partial charge on any atom is -0.493 e. The van der Waals surface area contributed by atoms with Crippen molar-refractivity contribution in [1.29, 1.82) is 0 Å². The predicted octanol–water partition coefficient (Wildman–Crippen LogP) is 3.12. The lowest BCUT2D eigenvalue weighted by molar-refractivity contribution is 0.269. The Bertz CT molecular complexity index is 500. The van der Waals surface area contributed by atoms with Gasteiger partial charge in [-0.05, 0) is 12.0 Å². The van der Waals surface area contributed by atoms with Crippen LogP contribution in [0, 0.1) is 5.92 Å². The fourth-order valence-corrected chi connectivity index (χ4v) is 1.62. The van der Waals surface area contributed by atoms with Crippen LogP contribution in [0.2, 0.25) is 0 Å². The Morgan fingerprint density at radius 3 is 2.79 bits per heavy atom. The number of benzene rings is 1. The molecule has 0 aliphatic heterocycles. The van der Waals surface area contributed by atoms with Gasteiger partial charge in [-0.15, -0.1) is 0 Å². The van der Waals surface area contributed by atoms with Gasteiger partial charge in [0.15, 0.2) is 0 Å². The summed E-state index contributed by atoms with van der Waals surface area (Å²) in [6.45, 7) is 5.68. The second kappa shape index (κ2) is 6.73. The van der Waals surface area contributed by atoms with E-state index in [0.717, 1.165) is 23.7 Å². The molecule has 0 spiro atoms. The van der Waals surface area contributed by atoms with Gasteiger partial charge >= 0.3 is 0 Å². The number of hydrogen-bond acceptors (Lipinski definition) is 4. The summed E-state index contributed by atoms with van der Waals surface area (Å²) in [4.78, 5) is 8.21. The van der Waals surface area contributed by atoms with E-state index in [9.17, 15) is 0 Å². The molecule has 0 atom stereocenters. The van der Waals surface area contributed by atoms with E-state index < -0.39 is 0 Å². The highest BCUT2D eigenvalue weighted by molar-refractivity contribution is 5.38. The summed E-state index contributed by atoms with van der Waals surface area (Å²) in [5, 5.41) is 3.24. The molecule has 0 aliphatic rings. The molecule has 4 nitrogen and oxygen atoms in total. The van der Waals surface area contributed by atoms with Crippen LogP contribution in [0.25, 0.3) is 0 Å². The molecule has 0 saturated carbocycles. The largest absolute Gasteiger partial charge is 0.493 e. The van der Waals surface area contributed by atoms with Crippen LogP contribution in [0.4, 0.5) is 5.82 Å². The molecule has 19 heavy (non-hydrogen) atoms. The van der Waals surface area contributed by atoms with E-state index in [0.29, 0.717) is 12.5 Å². The molecule has 0 fully saturated rings. The van der Waals surface area contributed by atoms with Gasteiger partial charge in [-0.25, -0.2) is 4.98 Å². The van der Waals surface area contributed by atoms with Crippen LogP contribution in [0.15, 0.2) is 42.9 Å². The molecule has 100 valence electrons. The first-order valence-electron chi connectivity index (χ1n) is 6.46. The first kappa shape index (κ1) is 13.3. The van der Waals surface area contributed by atoms with Crippen molar-refractivity contribution < 1.29 is 4.74 Å². The van der Waals surface area contributed by atoms with Gasteiger partial charge in [0.1, 0.15) is 11.6 Å². The molecule has 1 N–H and O–H groups in total. The van der Waals surface area contributed by atoms with Crippen molar-refractivity contribution in [2.75, 3.05) is 11.9 Å². The van der Waals surface area contributed by atoms with Crippen molar-refractivity contribution in [3.63, 3.8) is 0 Å². The summed E-state index contributed by atoms with van der Waals surface area (Å²) in [5.41, 5.74) is 1.12. The van der Waals surface area contributed by atoms with Gasteiger partial charge in [0.25, 0.3) is 0 Å². The number of rotatable bonds is 6. The lowest BCUT2D eigenvalue weighted by Crippen LogP contribution is -2.08. The number of para-hydroxylation sites is 1. The van der Waals surface area contributed by atoms with E-state index in [1.807, 2.05) is 18.2 Å². The Hall–Kier alpha value is -2.10. The van der Waals surface area contributed by atoms with Gasteiger partial charge in [0.05, 0.1) is 12.8 Å². The molecule has 1 aromatic carbocycles. The van der Waals surface area contributed by atoms with Gasteiger partial charge in [0.2, 0.25) is 0 Å². The predicted molar refractivity (Wildman–Crippen MR) is 76.1 cm³/mol. The quantitative estimate of drug-likeness (QED) is 0.863. The zero-order valence-electron chi connectivity index (χ0n) is 11.3. The summed E-state index contributed by atoms with van der Waals surface area (Å²) >= 11 is 0. The third-order valence-electron chi connectivity index (χ3n) is 2.57. The van der Waals surface area contributed by atoms with E-state index in [1.165, 1.54) is 0 Å². The monoisotopic (exact) mass is 257 g/mol. The summed E-state index contributed by atoms with van der Waals surface area (Å²) in [7, 11) is 0. The average Bonchev–Trinajstić information content (AvgIpc) is 2.45. The average molecular weight is 257 g/mol. The minimum atomic E-state index is 0.515. The summed E-state index contributed by atoms with van der Waals surface area (Å²) in [6.07, 6.45) is 5.03. The van der Waals surface area contributed by atoms with Crippen molar-refractivity contribution in [2.45, 2.75) is 20.4 Å². The third kappa shape index (κ3) is 4.25. The number of hydrogen-bond donors (Lipinski definition) is 1. The van der Waals surface area contributed by atoms with E-state index in [-0.39, 0.29) is 0 Å². The molecular weight excluding hydrogens is 238 g/mol. The van der Waals surface area contributed by atoms with Gasteiger partial charge in [-0.1, -0.05) is 32.0 Å². The second-order valence-electron chi connectivity index (χ2n) is 4.76. The normalized spacial score (nSPS) is 10.5. The second-order valence-corrected chi connectivity index (χ2v) is 4.76. The Morgan fingerprint density at radius 1 is 1.21 bits per heavy atom. The highest BCUT2D eigenvalue weighted by Crippen LogP contribution is 2.19. The Morgan fingerprint density at radius 2 is 2.05 bits per heavy atom. The molecule has 0 unspecified atom stereocenters. The van der Waals surface area contributed by atoms with Gasteiger partial charge in [-0.2, -0.15) is 0 Å². The van der Waals surface area contributed by atoms with E-state index in [1.54, 1.807) is 18.6 Å². The van der Waals surface area contributed by atoms with Crippen LogP contribution in [0.1, 0.15) is 19.4 Å². The molecule has 2 rings (SSSR count). The maximum absolute atomic E-state index is 5.81. The zero-order valence-corrected chi connectivity index (χ0v) is 11.3. The lowest BCUT2D eigenvalue weighted by Gasteiger charge is -2.13. The van der Waals surface area contributed by atoms with Gasteiger partial charge in [0, 0.05) is 24.5 Å². The van der Waals surface area contributed by atoms with Crippen LogP contribution >= 0.6 is 0 Å². The Labute approximate surface area is 113 Å². The highest BCUT2D eigenvalue weighted by atomic mass is 16.5. The molecule has 0 amide bonds. The number of ether oxygens (including phenoxy) is 1. The van der Waals surface area contributed by atoms with Gasteiger partial charge in [-0.3, -0.25) is 4.98 Å². The molecule has 0 saturated heterocycles. The minimum absolute atomic E-state index is 0.515. The van der Waals surface area contributed by atoms with Crippen LogP contribution in [0.3, 0.4) is 0 Å². The molecule has 0 aliphatic carbocycles. The first-order valence-corrected chi connectivity index (χ1v) is 6.46. The van der Waals surface area contributed by atoms with E-state index >= 15 is 0 Å². The smallest absolute Gasteiger partial charge is 0.144 e. The number of anilines is 1. The zero-order chi connectivity index (χ0) is 13.5. The molecule has 0 radical (unpaired) electrons. The SMILES string of the molecule is CC(C)COc1ccccc1CNc1cnccn1. The van der Waals surface area contributed by atoms with Crippen molar-refractivity contribution in [1.82, 2.24) is 9.97 Å². The maximum Gasteiger partial charge on any atom is 0.144 e. The topological polar surface area (TPSA) is 47.0 Å². The first-order chi connectivity index (χ1) is 9.25. The van der Waals surface area contributed by atoms with Crippen LogP contribution in [-0.4, -0.2) is 16.6 Å². The maximum atomic E-state index is 5.81. The Kier molecular flexibility index (Phi) is 4.72. The van der Waals surface area contributed by atoms with Crippen LogP contribution in [0.5, 0.6) is 5.75 Å². The summed E-state index contributed by atoms with van der Waals surface area (Å²) < 4.78 is 5.81. The number of nitrogens with one attached hydrogen (secondary N) is 1. The summed E-state index contributed by atoms with van der Waals surface area (Å²) in [6, 6.07) is 8.05. The van der Waals surface area contributed by atoms with Crippen LogP contribution in [-0.2, 0) is 6.54 Å². The van der Waals surface area contributed by atoms with Crippen molar-refractivity contribution >= 4 is 5.82 Å². The summed E-state index contributed by atoms with van der Waals surface area (Å²) in [5.74, 6) is 2.20. The van der Waals surface area contributed by atoms with Crippen molar-refractivity contribution in [2.24, 2.45) is 5.92 Å². The molecular formula is C15H19N3O. The van der Waals surface area contributed by atoms with E-state index in [4.69, 9.17) is 4.74 Å². The third-order valence-corrected chi connectivity index (χ3v) is 2.57. The Balaban J connectivity index is 1.99. The molecule has 2 aromatic rings. The van der Waals surface area contributed by atoms with Crippen molar-refractivity contribution in [3.8, 4) is 5.75 Å². The van der Waals surface area contributed by atoms with Crippen LogP contribution < -0.4 is 10.1 Å². The molecule has 1 aromatic heterocycles. The molecule has 4 heteroatoms. The lowest BCUT2D eigenvalue weighted by atomic mass is 10.2. The van der Waals surface area contributed by atoms with Crippen molar-refractivity contribution in [3.05, 3.63) is 48.4 Å². The number of nitrogens with zero attached hydrogens (tertiary/aromatic N) is 2. The van der Waals surface area contributed by atoms with Gasteiger partial charge < -0.3 is 10.1 Å². The molecule has 1 heterocycles. The fraction of sp³-hybridized carbons (Fsp3) is 0.333. The number of aromatic nitrogens is 2.